The van der Waals surface area contributed by atoms with E-state index in [-0.39, 0.29) is 6.10 Å². The molecule has 0 radical (unpaired) electrons. The van der Waals surface area contributed by atoms with Crippen molar-refractivity contribution in [3.05, 3.63) is 59.2 Å². The fourth-order valence-corrected chi connectivity index (χ4v) is 2.12. The van der Waals surface area contributed by atoms with Crippen LogP contribution in [0.3, 0.4) is 0 Å². The summed E-state index contributed by atoms with van der Waals surface area (Å²) in [4.78, 5) is 0. The third kappa shape index (κ3) is 3.77. The smallest absolute Gasteiger partial charge is 0.119 e. The molecule has 1 N–H and O–H groups in total. The zero-order chi connectivity index (χ0) is 14.5. The minimum absolute atomic E-state index is 0.212. The summed E-state index contributed by atoms with van der Waals surface area (Å²) in [5.74, 6) is 0.914. The Kier molecular flexibility index (Phi) is 4.67. The molecule has 0 saturated carbocycles. The van der Waals surface area contributed by atoms with E-state index >= 15 is 0 Å². The monoisotopic (exact) mass is 269 g/mol. The Morgan fingerprint density at radius 3 is 2.35 bits per heavy atom. The Bertz CT molecular complexity index is 558. The summed E-state index contributed by atoms with van der Waals surface area (Å²) in [5, 5.41) is 3.45. The fraction of sp³-hybridized carbons (Fsp3) is 0.333. The molecule has 2 rings (SSSR count). The summed E-state index contributed by atoms with van der Waals surface area (Å²) in [7, 11) is 0. The summed E-state index contributed by atoms with van der Waals surface area (Å²) in [6.45, 7) is 9.24. The zero-order valence-electron chi connectivity index (χ0n) is 12.7. The molecule has 106 valence electrons. The Morgan fingerprint density at radius 1 is 1.00 bits per heavy atom. The van der Waals surface area contributed by atoms with Crippen LogP contribution in [0.5, 0.6) is 5.75 Å². The number of nitrogens with one attached hydrogen (secondary N) is 1. The van der Waals surface area contributed by atoms with Crippen molar-refractivity contribution in [2.75, 3.05) is 5.32 Å². The van der Waals surface area contributed by atoms with Gasteiger partial charge in [0.1, 0.15) is 5.75 Å². The van der Waals surface area contributed by atoms with Gasteiger partial charge >= 0.3 is 0 Å². The van der Waals surface area contributed by atoms with E-state index in [4.69, 9.17) is 4.74 Å². The molecule has 0 aliphatic rings. The Hall–Kier alpha value is -1.96. The van der Waals surface area contributed by atoms with Gasteiger partial charge in [0.2, 0.25) is 0 Å². The molecule has 20 heavy (non-hydrogen) atoms. The molecular formula is C18H23NO. The molecule has 0 amide bonds. The molecule has 0 heterocycles. The highest BCUT2D eigenvalue weighted by atomic mass is 16.5. The molecule has 2 aromatic carbocycles. The van der Waals surface area contributed by atoms with Crippen molar-refractivity contribution < 1.29 is 4.74 Å². The summed E-state index contributed by atoms with van der Waals surface area (Å²) < 4.78 is 5.64. The third-order valence-electron chi connectivity index (χ3n) is 3.43. The van der Waals surface area contributed by atoms with Crippen LogP contribution in [0.1, 0.15) is 30.5 Å². The quantitative estimate of drug-likeness (QED) is 0.849. The normalized spacial score (nSPS) is 10.7. The van der Waals surface area contributed by atoms with Gasteiger partial charge in [0, 0.05) is 12.2 Å². The lowest BCUT2D eigenvalue weighted by Gasteiger charge is -2.12. The summed E-state index contributed by atoms with van der Waals surface area (Å²) in [5.41, 5.74) is 5.15. The van der Waals surface area contributed by atoms with Crippen LogP contribution in [-0.4, -0.2) is 6.10 Å². The summed E-state index contributed by atoms with van der Waals surface area (Å²) in [6, 6.07) is 14.6. The van der Waals surface area contributed by atoms with Crippen molar-refractivity contribution in [3.63, 3.8) is 0 Å². The van der Waals surface area contributed by atoms with Gasteiger partial charge in [-0.3, -0.25) is 0 Å². The Labute approximate surface area is 121 Å². The summed E-state index contributed by atoms with van der Waals surface area (Å²) in [6.07, 6.45) is 0.212. The van der Waals surface area contributed by atoms with Crippen LogP contribution in [0.15, 0.2) is 42.5 Å². The molecule has 2 nitrogen and oxygen atoms in total. The first-order chi connectivity index (χ1) is 9.56. The van der Waals surface area contributed by atoms with E-state index in [1.54, 1.807) is 0 Å². The van der Waals surface area contributed by atoms with Crippen molar-refractivity contribution in [2.24, 2.45) is 0 Å². The van der Waals surface area contributed by atoms with Crippen molar-refractivity contribution in [1.29, 1.82) is 0 Å². The topological polar surface area (TPSA) is 21.3 Å². The van der Waals surface area contributed by atoms with Crippen LogP contribution >= 0.6 is 0 Å². The molecule has 0 aliphatic heterocycles. The van der Waals surface area contributed by atoms with Crippen LogP contribution in [-0.2, 0) is 6.54 Å². The van der Waals surface area contributed by atoms with Gasteiger partial charge in [0.15, 0.2) is 0 Å². The molecule has 2 aromatic rings. The van der Waals surface area contributed by atoms with Crippen LogP contribution in [0.2, 0.25) is 0 Å². The average molecular weight is 269 g/mol. The maximum absolute atomic E-state index is 5.64. The number of hydrogen-bond donors (Lipinski definition) is 1. The first kappa shape index (κ1) is 14.4. The zero-order valence-corrected chi connectivity index (χ0v) is 12.7. The minimum Gasteiger partial charge on any atom is -0.491 e. The van der Waals surface area contributed by atoms with Crippen molar-refractivity contribution >= 4 is 5.69 Å². The molecule has 2 heteroatoms. The number of benzene rings is 2. The average Bonchev–Trinajstić information content (AvgIpc) is 2.41. The van der Waals surface area contributed by atoms with Crippen LogP contribution in [0.25, 0.3) is 0 Å². The molecule has 0 spiro atoms. The lowest BCUT2D eigenvalue weighted by Crippen LogP contribution is -2.05. The van der Waals surface area contributed by atoms with E-state index in [9.17, 15) is 0 Å². The van der Waals surface area contributed by atoms with Crippen LogP contribution in [0.4, 0.5) is 5.69 Å². The van der Waals surface area contributed by atoms with Gasteiger partial charge in [-0.2, -0.15) is 0 Å². The van der Waals surface area contributed by atoms with Crippen molar-refractivity contribution in [1.82, 2.24) is 0 Å². The maximum Gasteiger partial charge on any atom is 0.119 e. The Morgan fingerprint density at radius 2 is 1.70 bits per heavy atom. The van der Waals surface area contributed by atoms with Gasteiger partial charge in [-0.1, -0.05) is 18.2 Å². The van der Waals surface area contributed by atoms with Gasteiger partial charge in [0.05, 0.1) is 6.10 Å². The molecular weight excluding hydrogens is 246 g/mol. The molecule has 0 aromatic heterocycles. The van der Waals surface area contributed by atoms with Crippen LogP contribution in [0, 0.1) is 13.8 Å². The molecule has 0 saturated heterocycles. The van der Waals surface area contributed by atoms with Gasteiger partial charge in [-0.15, -0.1) is 0 Å². The second-order valence-electron chi connectivity index (χ2n) is 5.40. The fourth-order valence-electron chi connectivity index (χ4n) is 2.12. The van der Waals surface area contributed by atoms with E-state index in [0.717, 1.165) is 18.0 Å². The molecule has 0 unspecified atom stereocenters. The van der Waals surface area contributed by atoms with E-state index in [1.807, 2.05) is 26.0 Å². The lowest BCUT2D eigenvalue weighted by molar-refractivity contribution is 0.242. The number of anilines is 1. The maximum atomic E-state index is 5.64. The number of hydrogen-bond acceptors (Lipinski definition) is 2. The predicted octanol–water partition coefficient (Wildman–Crippen LogP) is 4.70. The second kappa shape index (κ2) is 6.47. The van der Waals surface area contributed by atoms with Crippen molar-refractivity contribution in [3.8, 4) is 5.75 Å². The highest BCUT2D eigenvalue weighted by molar-refractivity contribution is 5.47. The highest BCUT2D eigenvalue weighted by Crippen LogP contribution is 2.19. The standard InChI is InChI=1S/C18H23NO/c1-13(2)20-18-10-8-17(9-11-18)19-12-16-7-5-6-14(3)15(16)4/h5-11,13,19H,12H2,1-4H3. The summed E-state index contributed by atoms with van der Waals surface area (Å²) >= 11 is 0. The Balaban J connectivity index is 1.99. The van der Waals surface area contributed by atoms with Gasteiger partial charge in [-0.25, -0.2) is 0 Å². The van der Waals surface area contributed by atoms with E-state index in [0.29, 0.717) is 0 Å². The molecule has 0 fully saturated rings. The van der Waals surface area contributed by atoms with Crippen molar-refractivity contribution in [2.45, 2.75) is 40.3 Å². The lowest BCUT2D eigenvalue weighted by atomic mass is 10.0. The van der Waals surface area contributed by atoms with Gasteiger partial charge in [-0.05, 0) is 68.7 Å². The number of aryl methyl sites for hydroxylation is 1. The van der Waals surface area contributed by atoms with E-state index in [2.05, 4.69) is 49.5 Å². The van der Waals surface area contributed by atoms with Gasteiger partial charge < -0.3 is 10.1 Å². The molecule has 0 bridgehead atoms. The van der Waals surface area contributed by atoms with Crippen LogP contribution < -0.4 is 10.1 Å². The SMILES string of the molecule is Cc1cccc(CNc2ccc(OC(C)C)cc2)c1C. The first-order valence-electron chi connectivity index (χ1n) is 7.12. The first-order valence-corrected chi connectivity index (χ1v) is 7.12. The second-order valence-corrected chi connectivity index (χ2v) is 5.40. The third-order valence-corrected chi connectivity index (χ3v) is 3.43. The minimum atomic E-state index is 0.212. The predicted molar refractivity (Wildman–Crippen MR) is 85.4 cm³/mol. The van der Waals surface area contributed by atoms with E-state index in [1.165, 1.54) is 16.7 Å². The highest BCUT2D eigenvalue weighted by Gasteiger charge is 2.01. The number of ether oxygens (including phenoxy) is 1. The van der Waals surface area contributed by atoms with E-state index < -0.39 is 0 Å². The molecule has 0 atom stereocenters. The largest absolute Gasteiger partial charge is 0.491 e. The molecule has 0 aliphatic carbocycles. The van der Waals surface area contributed by atoms with Gasteiger partial charge in [0.25, 0.3) is 0 Å². The number of rotatable bonds is 5.